The first-order valence-electron chi connectivity index (χ1n) is 10.9. The van der Waals surface area contributed by atoms with Crippen molar-refractivity contribution >= 4 is 27.6 Å². The maximum Gasteiger partial charge on any atom is 0.338 e. The Hall–Kier alpha value is -3.07. The first kappa shape index (κ1) is 24.6. The zero-order valence-electron chi connectivity index (χ0n) is 19.1. The number of benzene rings is 2. The van der Waals surface area contributed by atoms with Gasteiger partial charge >= 0.3 is 5.97 Å². The molecule has 2 N–H and O–H groups in total. The summed E-state index contributed by atoms with van der Waals surface area (Å²) in [6.07, 6.45) is 4.19. The number of esters is 1. The minimum atomic E-state index is -4.04. The molecule has 1 saturated carbocycles. The lowest BCUT2D eigenvalue weighted by Gasteiger charge is -2.29. The predicted molar refractivity (Wildman–Crippen MR) is 125 cm³/mol. The van der Waals surface area contributed by atoms with E-state index in [1.807, 2.05) is 6.92 Å². The number of amides is 1. The summed E-state index contributed by atoms with van der Waals surface area (Å²) in [5.74, 6) is -0.704. The number of aryl methyl sites for hydroxylation is 1. The Bertz CT molecular complexity index is 1100. The smallest absolute Gasteiger partial charge is 0.338 e. The van der Waals surface area contributed by atoms with Crippen LogP contribution in [-0.4, -0.2) is 40.1 Å². The van der Waals surface area contributed by atoms with E-state index in [9.17, 15) is 18.0 Å². The Balaban J connectivity index is 1.69. The molecule has 33 heavy (non-hydrogen) atoms. The molecule has 0 aliphatic heterocycles. The quantitative estimate of drug-likeness (QED) is 0.565. The van der Waals surface area contributed by atoms with E-state index in [0.29, 0.717) is 11.6 Å². The van der Waals surface area contributed by atoms with Crippen LogP contribution in [-0.2, 0) is 19.6 Å². The van der Waals surface area contributed by atoms with E-state index in [0.717, 1.165) is 31.2 Å². The first-order valence-corrected chi connectivity index (χ1v) is 12.4. The molecule has 0 unspecified atom stereocenters. The van der Waals surface area contributed by atoms with Crippen molar-refractivity contribution in [1.82, 2.24) is 5.32 Å². The van der Waals surface area contributed by atoms with Crippen molar-refractivity contribution in [2.24, 2.45) is 5.92 Å². The second-order valence-corrected chi connectivity index (χ2v) is 10.00. The number of anilines is 1. The van der Waals surface area contributed by atoms with Crippen LogP contribution in [0.1, 0.15) is 48.5 Å². The fraction of sp³-hybridized carbons (Fsp3) is 0.417. The number of methoxy groups -OCH3 is 1. The van der Waals surface area contributed by atoms with E-state index in [-0.39, 0.29) is 28.2 Å². The second kappa shape index (κ2) is 10.7. The number of carbonyl (C=O) groups is 2. The number of hydrogen-bond donors (Lipinski definition) is 2. The van der Waals surface area contributed by atoms with E-state index in [1.54, 1.807) is 24.3 Å². The van der Waals surface area contributed by atoms with Gasteiger partial charge in [0, 0.05) is 11.7 Å². The minimum absolute atomic E-state index is 0.00100. The van der Waals surface area contributed by atoms with Gasteiger partial charge in [0.15, 0.2) is 6.61 Å². The van der Waals surface area contributed by atoms with E-state index >= 15 is 0 Å². The van der Waals surface area contributed by atoms with Crippen LogP contribution in [0.15, 0.2) is 47.4 Å². The monoisotopic (exact) mass is 474 g/mol. The zero-order valence-corrected chi connectivity index (χ0v) is 19.9. The van der Waals surface area contributed by atoms with Crippen LogP contribution in [0.25, 0.3) is 0 Å². The maximum absolute atomic E-state index is 13.0. The maximum atomic E-state index is 13.0. The average molecular weight is 475 g/mol. The zero-order chi connectivity index (χ0) is 24.0. The van der Waals surface area contributed by atoms with E-state index < -0.39 is 22.6 Å². The standard InChI is InChI=1S/C24H30N2O6S/c1-16-8-11-19(12-9-16)26-33(29,30)22-14-18(10-13-21(22)31-3)24(28)32-15-23(27)25-20-7-5-4-6-17(20)2/h8-14,17,20,26H,4-7,15H2,1-3H3,(H,25,27)/t17-,20-/m1/s1. The summed E-state index contributed by atoms with van der Waals surface area (Å²) < 4.78 is 38.7. The van der Waals surface area contributed by atoms with Gasteiger partial charge in [-0.3, -0.25) is 9.52 Å². The highest BCUT2D eigenvalue weighted by molar-refractivity contribution is 7.92. The van der Waals surface area contributed by atoms with Gasteiger partial charge in [0.2, 0.25) is 0 Å². The fourth-order valence-electron chi connectivity index (χ4n) is 3.84. The summed E-state index contributed by atoms with van der Waals surface area (Å²) in [6, 6.07) is 10.9. The molecule has 1 aliphatic rings. The molecule has 178 valence electrons. The van der Waals surface area contributed by atoms with Gasteiger partial charge < -0.3 is 14.8 Å². The van der Waals surface area contributed by atoms with Gasteiger partial charge in [-0.15, -0.1) is 0 Å². The SMILES string of the molecule is COc1ccc(C(=O)OCC(=O)N[C@@H]2CCCC[C@H]2C)cc1S(=O)(=O)Nc1ccc(C)cc1. The molecular formula is C24H30N2O6S. The van der Waals surface area contributed by atoms with Crippen molar-refractivity contribution in [3.63, 3.8) is 0 Å². The number of hydrogen-bond acceptors (Lipinski definition) is 6. The lowest BCUT2D eigenvalue weighted by Crippen LogP contribution is -2.42. The molecule has 2 aromatic carbocycles. The Morgan fingerprint density at radius 3 is 2.42 bits per heavy atom. The molecular weight excluding hydrogens is 444 g/mol. The summed E-state index contributed by atoms with van der Waals surface area (Å²) in [4.78, 5) is 24.5. The van der Waals surface area contributed by atoms with E-state index in [4.69, 9.17) is 9.47 Å². The van der Waals surface area contributed by atoms with E-state index in [1.165, 1.54) is 25.3 Å². The highest BCUT2D eigenvalue weighted by atomic mass is 32.2. The van der Waals surface area contributed by atoms with Crippen LogP contribution in [0.4, 0.5) is 5.69 Å². The van der Waals surface area contributed by atoms with Crippen LogP contribution >= 0.6 is 0 Å². The Labute approximate surface area is 194 Å². The van der Waals surface area contributed by atoms with Crippen molar-refractivity contribution in [3.05, 3.63) is 53.6 Å². The molecule has 0 heterocycles. The van der Waals surface area contributed by atoms with Crippen molar-refractivity contribution < 1.29 is 27.5 Å². The number of rotatable bonds is 8. The lowest BCUT2D eigenvalue weighted by molar-refractivity contribution is -0.125. The molecule has 8 nitrogen and oxygen atoms in total. The second-order valence-electron chi connectivity index (χ2n) is 8.35. The fourth-order valence-corrected chi connectivity index (χ4v) is 5.09. The molecule has 2 aromatic rings. The van der Waals surface area contributed by atoms with Gasteiger partial charge in [-0.1, -0.05) is 37.5 Å². The molecule has 1 aliphatic carbocycles. The molecule has 1 amide bonds. The van der Waals surface area contributed by atoms with Crippen molar-refractivity contribution in [2.75, 3.05) is 18.4 Å². The summed E-state index contributed by atoms with van der Waals surface area (Å²) in [7, 11) is -2.70. The van der Waals surface area contributed by atoms with Crippen LogP contribution in [0.5, 0.6) is 5.75 Å². The van der Waals surface area contributed by atoms with Gasteiger partial charge in [-0.25, -0.2) is 13.2 Å². The third kappa shape index (κ3) is 6.47. The van der Waals surface area contributed by atoms with Crippen LogP contribution in [0.2, 0.25) is 0 Å². The highest BCUT2D eigenvalue weighted by Gasteiger charge is 2.25. The third-order valence-corrected chi connectivity index (χ3v) is 7.19. The van der Waals surface area contributed by atoms with Crippen LogP contribution in [0.3, 0.4) is 0 Å². The Kier molecular flexibility index (Phi) is 7.97. The predicted octanol–water partition coefficient (Wildman–Crippen LogP) is 3.66. The van der Waals surface area contributed by atoms with Gasteiger partial charge in [0.25, 0.3) is 15.9 Å². The number of carbonyl (C=O) groups excluding carboxylic acids is 2. The topological polar surface area (TPSA) is 111 Å². The minimum Gasteiger partial charge on any atom is -0.495 e. The van der Waals surface area contributed by atoms with Crippen LogP contribution in [0, 0.1) is 12.8 Å². The van der Waals surface area contributed by atoms with Gasteiger partial charge in [-0.2, -0.15) is 0 Å². The lowest BCUT2D eigenvalue weighted by atomic mass is 9.86. The van der Waals surface area contributed by atoms with Gasteiger partial charge in [0.1, 0.15) is 10.6 Å². The number of nitrogens with one attached hydrogen (secondary N) is 2. The van der Waals surface area contributed by atoms with Crippen molar-refractivity contribution in [1.29, 1.82) is 0 Å². The van der Waals surface area contributed by atoms with Gasteiger partial charge in [-0.05, 0) is 56.0 Å². The molecule has 0 radical (unpaired) electrons. The Morgan fingerprint density at radius 1 is 1.06 bits per heavy atom. The summed E-state index contributed by atoms with van der Waals surface area (Å²) >= 11 is 0. The molecule has 9 heteroatoms. The number of sulfonamides is 1. The number of ether oxygens (including phenoxy) is 2. The molecule has 0 bridgehead atoms. The first-order chi connectivity index (χ1) is 15.7. The summed E-state index contributed by atoms with van der Waals surface area (Å²) in [6.45, 7) is 3.56. The molecule has 2 atom stereocenters. The van der Waals surface area contributed by atoms with Crippen LogP contribution < -0.4 is 14.8 Å². The molecule has 0 aromatic heterocycles. The van der Waals surface area contributed by atoms with Crippen molar-refractivity contribution in [3.8, 4) is 5.75 Å². The molecule has 0 spiro atoms. The molecule has 0 saturated heterocycles. The normalized spacial score (nSPS) is 18.3. The molecule has 1 fully saturated rings. The summed E-state index contributed by atoms with van der Waals surface area (Å²) in [5.41, 5.74) is 1.37. The average Bonchev–Trinajstić information content (AvgIpc) is 2.80. The van der Waals surface area contributed by atoms with Crippen molar-refractivity contribution in [2.45, 2.75) is 50.5 Å². The Morgan fingerprint density at radius 2 is 1.76 bits per heavy atom. The van der Waals surface area contributed by atoms with E-state index in [2.05, 4.69) is 17.0 Å². The summed E-state index contributed by atoms with van der Waals surface area (Å²) in [5, 5.41) is 2.92. The van der Waals surface area contributed by atoms with Gasteiger partial charge in [0.05, 0.1) is 12.7 Å². The highest BCUT2D eigenvalue weighted by Crippen LogP contribution is 2.28. The third-order valence-electron chi connectivity index (χ3n) is 5.78. The largest absolute Gasteiger partial charge is 0.495 e. The molecule has 3 rings (SSSR count).